The van der Waals surface area contributed by atoms with Crippen LogP contribution < -0.4 is 5.63 Å². The number of benzene rings is 1. The van der Waals surface area contributed by atoms with Gasteiger partial charge >= 0.3 is 5.63 Å². The largest absolute Gasteiger partial charge is 0.423 e. The topological polar surface area (TPSA) is 73.8 Å². The van der Waals surface area contributed by atoms with E-state index in [2.05, 4.69) is 28.2 Å². The Balaban J connectivity index is 1.66. The minimum Gasteiger partial charge on any atom is -0.423 e. The third kappa shape index (κ3) is 3.38. The van der Waals surface area contributed by atoms with E-state index in [1.54, 1.807) is 30.2 Å². The van der Waals surface area contributed by atoms with Gasteiger partial charge in [0.2, 0.25) is 0 Å². The number of hydrogen-bond donors (Lipinski definition) is 0. The number of pyridine rings is 1. The van der Waals surface area contributed by atoms with Crippen molar-refractivity contribution in [3.63, 3.8) is 0 Å². The fraction of sp³-hybridized carbons (Fsp3) is 0.200. The van der Waals surface area contributed by atoms with Gasteiger partial charge in [0.15, 0.2) is 11.0 Å². The number of aryl methyl sites for hydroxylation is 2. The molecule has 0 radical (unpaired) electrons. The molecule has 0 spiro atoms. The number of aromatic nitrogens is 4. The molecule has 0 fully saturated rings. The zero-order valence-corrected chi connectivity index (χ0v) is 16.1. The van der Waals surface area contributed by atoms with Gasteiger partial charge in [-0.1, -0.05) is 11.8 Å². The van der Waals surface area contributed by atoms with Crippen molar-refractivity contribution in [2.45, 2.75) is 24.8 Å². The lowest BCUT2D eigenvalue weighted by Gasteiger charge is -2.08. The van der Waals surface area contributed by atoms with E-state index in [1.165, 1.54) is 5.56 Å². The Morgan fingerprint density at radius 2 is 1.81 bits per heavy atom. The van der Waals surface area contributed by atoms with Gasteiger partial charge in [0.25, 0.3) is 0 Å². The molecule has 3 aromatic heterocycles. The summed E-state index contributed by atoms with van der Waals surface area (Å²) in [7, 11) is 1.93. The molecule has 0 aliphatic rings. The van der Waals surface area contributed by atoms with Crippen molar-refractivity contribution in [3.05, 3.63) is 69.8 Å². The second-order valence-corrected chi connectivity index (χ2v) is 7.36. The van der Waals surface area contributed by atoms with Crippen molar-refractivity contribution >= 4 is 22.7 Å². The summed E-state index contributed by atoms with van der Waals surface area (Å²) >= 11 is 1.54. The Morgan fingerprint density at radius 1 is 1.07 bits per heavy atom. The lowest BCUT2D eigenvalue weighted by atomic mass is 10.0. The Labute approximate surface area is 160 Å². The second kappa shape index (κ2) is 7.00. The maximum Gasteiger partial charge on any atom is 0.336 e. The summed E-state index contributed by atoms with van der Waals surface area (Å²) in [5, 5.41) is 10.3. The van der Waals surface area contributed by atoms with E-state index in [-0.39, 0.29) is 5.63 Å². The molecular formula is C20H18N4O2S. The third-order valence-electron chi connectivity index (χ3n) is 4.57. The lowest BCUT2D eigenvalue weighted by molar-refractivity contribution is 0.559. The van der Waals surface area contributed by atoms with Crippen LogP contribution in [0.2, 0.25) is 0 Å². The fourth-order valence-electron chi connectivity index (χ4n) is 2.94. The first-order valence-corrected chi connectivity index (χ1v) is 9.48. The van der Waals surface area contributed by atoms with E-state index in [9.17, 15) is 4.79 Å². The highest BCUT2D eigenvalue weighted by Crippen LogP contribution is 2.28. The quantitative estimate of drug-likeness (QED) is 0.396. The van der Waals surface area contributed by atoms with Crippen molar-refractivity contribution in [2.24, 2.45) is 7.05 Å². The van der Waals surface area contributed by atoms with Crippen LogP contribution in [0.3, 0.4) is 0 Å². The molecule has 0 saturated heterocycles. The predicted molar refractivity (Wildman–Crippen MR) is 106 cm³/mol. The first kappa shape index (κ1) is 17.5. The zero-order chi connectivity index (χ0) is 19.0. The van der Waals surface area contributed by atoms with E-state index in [0.717, 1.165) is 33.1 Å². The molecule has 0 aliphatic carbocycles. The zero-order valence-electron chi connectivity index (χ0n) is 15.3. The Hall–Kier alpha value is -2.93. The summed E-state index contributed by atoms with van der Waals surface area (Å²) in [6, 6.07) is 9.36. The first-order valence-electron chi connectivity index (χ1n) is 8.49. The Kier molecular flexibility index (Phi) is 4.53. The minimum atomic E-state index is -0.336. The summed E-state index contributed by atoms with van der Waals surface area (Å²) < 4.78 is 7.32. The predicted octanol–water partition coefficient (Wildman–Crippen LogP) is 3.89. The van der Waals surface area contributed by atoms with Crippen LogP contribution >= 0.6 is 11.8 Å². The maximum atomic E-state index is 12.0. The van der Waals surface area contributed by atoms with Gasteiger partial charge in [-0.15, -0.1) is 10.2 Å². The molecule has 0 saturated carbocycles. The highest BCUT2D eigenvalue weighted by molar-refractivity contribution is 7.98. The van der Waals surface area contributed by atoms with Gasteiger partial charge in [-0.05, 0) is 54.8 Å². The molecule has 3 heterocycles. The van der Waals surface area contributed by atoms with Crippen LogP contribution in [-0.2, 0) is 12.8 Å². The number of nitrogens with zero attached hydrogens (tertiary/aromatic N) is 4. The van der Waals surface area contributed by atoms with Crippen LogP contribution in [0.4, 0.5) is 0 Å². The molecule has 0 bridgehead atoms. The van der Waals surface area contributed by atoms with Crippen molar-refractivity contribution in [3.8, 4) is 11.4 Å². The molecule has 0 atom stereocenters. The lowest BCUT2D eigenvalue weighted by Crippen LogP contribution is -2.01. The smallest absolute Gasteiger partial charge is 0.336 e. The molecule has 0 unspecified atom stereocenters. The second-order valence-electron chi connectivity index (χ2n) is 6.41. The number of fused-ring (bicyclic) bond motifs is 1. The van der Waals surface area contributed by atoms with E-state index in [4.69, 9.17) is 4.42 Å². The molecular weight excluding hydrogens is 360 g/mol. The Bertz CT molecular complexity index is 1180. The normalized spacial score (nSPS) is 11.2. The molecule has 6 nitrogen and oxygen atoms in total. The van der Waals surface area contributed by atoms with Crippen molar-refractivity contribution < 1.29 is 4.42 Å². The van der Waals surface area contributed by atoms with Gasteiger partial charge in [0, 0.05) is 42.2 Å². The van der Waals surface area contributed by atoms with Crippen molar-refractivity contribution in [1.82, 2.24) is 19.7 Å². The summed E-state index contributed by atoms with van der Waals surface area (Å²) in [6.45, 7) is 4.07. The molecule has 4 rings (SSSR count). The van der Waals surface area contributed by atoms with Gasteiger partial charge in [-0.3, -0.25) is 4.98 Å². The van der Waals surface area contributed by atoms with E-state index < -0.39 is 0 Å². The molecule has 7 heteroatoms. The molecule has 0 N–H and O–H groups in total. The molecule has 27 heavy (non-hydrogen) atoms. The van der Waals surface area contributed by atoms with Crippen LogP contribution in [0.1, 0.15) is 16.7 Å². The maximum absolute atomic E-state index is 12.0. The van der Waals surface area contributed by atoms with Gasteiger partial charge in [0.1, 0.15) is 5.58 Å². The van der Waals surface area contributed by atoms with Gasteiger partial charge in [0.05, 0.1) is 0 Å². The van der Waals surface area contributed by atoms with Crippen molar-refractivity contribution in [2.75, 3.05) is 0 Å². The molecule has 1 aromatic carbocycles. The SMILES string of the molecule is Cc1cc2oc(=O)cc(CSc3nnc(-c4ccncc4)n3C)c2cc1C. The molecule has 0 aliphatic heterocycles. The summed E-state index contributed by atoms with van der Waals surface area (Å²) in [4.78, 5) is 16.0. The average molecular weight is 378 g/mol. The average Bonchev–Trinajstić information content (AvgIpc) is 3.02. The Morgan fingerprint density at radius 3 is 2.59 bits per heavy atom. The van der Waals surface area contributed by atoms with Crippen molar-refractivity contribution in [1.29, 1.82) is 0 Å². The van der Waals surface area contributed by atoms with Gasteiger partial charge in [-0.2, -0.15) is 0 Å². The number of hydrogen-bond acceptors (Lipinski definition) is 6. The van der Waals surface area contributed by atoms with Crippen LogP contribution in [0.25, 0.3) is 22.4 Å². The number of rotatable bonds is 4. The molecule has 0 amide bonds. The van der Waals surface area contributed by atoms with E-state index >= 15 is 0 Å². The van der Waals surface area contributed by atoms with E-state index in [0.29, 0.717) is 11.3 Å². The van der Waals surface area contributed by atoms with Crippen LogP contribution in [0.15, 0.2) is 57.1 Å². The van der Waals surface area contributed by atoms with Crippen LogP contribution in [0.5, 0.6) is 0 Å². The standard InChI is InChI=1S/C20H18N4O2S/c1-12-8-16-15(10-18(25)26-17(16)9-13(12)2)11-27-20-23-22-19(24(20)3)14-4-6-21-7-5-14/h4-10H,11H2,1-3H3. The number of thioether (sulfide) groups is 1. The minimum absolute atomic E-state index is 0.336. The molecule has 136 valence electrons. The van der Waals surface area contributed by atoms with Crippen LogP contribution in [0, 0.1) is 13.8 Å². The highest BCUT2D eigenvalue weighted by Gasteiger charge is 2.13. The fourth-order valence-corrected chi connectivity index (χ4v) is 3.84. The van der Waals surface area contributed by atoms with Crippen LogP contribution in [-0.4, -0.2) is 19.7 Å². The molecule has 4 aromatic rings. The summed E-state index contributed by atoms with van der Waals surface area (Å²) in [5.41, 5.74) is 4.45. The van der Waals surface area contributed by atoms with E-state index in [1.807, 2.05) is 36.7 Å². The highest BCUT2D eigenvalue weighted by atomic mass is 32.2. The monoisotopic (exact) mass is 378 g/mol. The van der Waals surface area contributed by atoms with Gasteiger partial charge < -0.3 is 8.98 Å². The summed E-state index contributed by atoms with van der Waals surface area (Å²) in [5.74, 6) is 1.39. The summed E-state index contributed by atoms with van der Waals surface area (Å²) in [6.07, 6.45) is 3.47. The van der Waals surface area contributed by atoms with Gasteiger partial charge in [-0.25, -0.2) is 4.79 Å². The first-order chi connectivity index (χ1) is 13.0. The third-order valence-corrected chi connectivity index (χ3v) is 5.64.